The van der Waals surface area contributed by atoms with Crippen molar-refractivity contribution in [1.29, 1.82) is 0 Å². The Hall–Kier alpha value is -5.12. The Kier molecular flexibility index (Phi) is 8.18. The molecule has 0 radical (unpaired) electrons. The molecule has 0 atom stereocenters. The molecule has 6 amide bonds. The van der Waals surface area contributed by atoms with E-state index in [2.05, 4.69) is 16.0 Å². The molecule has 0 unspecified atom stereocenters. The molecule has 2 heterocycles. The predicted molar refractivity (Wildman–Crippen MR) is 152 cm³/mol. The first-order valence-electron chi connectivity index (χ1n) is 12.9. The Balaban J connectivity index is 0.00000151. The Morgan fingerprint density at radius 3 is 2.00 bits per heavy atom. The third-order valence-corrected chi connectivity index (χ3v) is 6.46. The molecule has 5 rings (SSSR count). The van der Waals surface area contributed by atoms with E-state index in [1.54, 1.807) is 19.1 Å². The normalized spacial score (nSPS) is 13.2. The quantitative estimate of drug-likeness (QED) is 0.385. The summed E-state index contributed by atoms with van der Waals surface area (Å²) < 4.78 is 0. The van der Waals surface area contributed by atoms with Crippen molar-refractivity contribution in [2.75, 3.05) is 18.4 Å². The van der Waals surface area contributed by atoms with Crippen LogP contribution in [0.3, 0.4) is 0 Å². The molecule has 3 N–H and O–H groups in total. The predicted octanol–water partition coefficient (Wildman–Crippen LogP) is 3.93. The Bertz CT molecular complexity index is 1560. The molecule has 3 aromatic carbocycles. The highest BCUT2D eigenvalue weighted by atomic mass is 16.2. The minimum atomic E-state index is -0.519. The highest BCUT2D eigenvalue weighted by Crippen LogP contribution is 2.24. The first-order valence-corrected chi connectivity index (χ1v) is 12.9. The molecule has 0 aromatic heterocycles. The smallest absolute Gasteiger partial charge is 0.261 e. The molecule has 0 saturated carbocycles. The second kappa shape index (κ2) is 11.7. The van der Waals surface area contributed by atoms with Crippen LogP contribution < -0.4 is 16.0 Å². The zero-order chi connectivity index (χ0) is 29.0. The average Bonchev–Trinajstić information content (AvgIpc) is 3.40. The van der Waals surface area contributed by atoms with Crippen LogP contribution in [0, 0.1) is 0 Å². The summed E-state index contributed by atoms with van der Waals surface area (Å²) in [4.78, 5) is 74.4. The van der Waals surface area contributed by atoms with Crippen molar-refractivity contribution in [2.24, 2.45) is 0 Å². The van der Waals surface area contributed by atoms with Crippen molar-refractivity contribution in [2.45, 2.75) is 27.2 Å². The van der Waals surface area contributed by atoms with E-state index >= 15 is 0 Å². The van der Waals surface area contributed by atoms with Crippen LogP contribution in [0.4, 0.5) is 5.69 Å². The van der Waals surface area contributed by atoms with Crippen molar-refractivity contribution < 1.29 is 31.6 Å². The maximum Gasteiger partial charge on any atom is 0.261 e. The Morgan fingerprint density at radius 1 is 0.750 bits per heavy atom. The summed E-state index contributed by atoms with van der Waals surface area (Å²) in [5.74, 6) is -2.53. The van der Waals surface area contributed by atoms with Crippen LogP contribution in [0.25, 0.3) is 0 Å². The van der Waals surface area contributed by atoms with Gasteiger partial charge < -0.3 is 10.6 Å². The van der Waals surface area contributed by atoms with Gasteiger partial charge >= 0.3 is 0 Å². The number of carbonyl (C=O) groups excluding carboxylic acids is 6. The van der Waals surface area contributed by atoms with Gasteiger partial charge in [-0.2, -0.15) is 0 Å². The monoisotopic (exact) mass is 544 g/mol. The highest BCUT2D eigenvalue weighted by Gasteiger charge is 2.34. The minimum Gasteiger partial charge on any atom is -0.352 e. The van der Waals surface area contributed by atoms with Gasteiger partial charge in [-0.25, -0.2) is 0 Å². The van der Waals surface area contributed by atoms with Gasteiger partial charge in [-0.05, 0) is 67.4 Å². The largest absolute Gasteiger partial charge is 0.352 e. The van der Waals surface area contributed by atoms with E-state index < -0.39 is 23.6 Å². The number of fused-ring (bicyclic) bond motifs is 2. The van der Waals surface area contributed by atoms with Gasteiger partial charge in [0.15, 0.2) is 0 Å². The lowest BCUT2D eigenvalue weighted by atomic mass is 10.0. The molecule has 2 aliphatic heterocycles. The third-order valence-electron chi connectivity index (χ3n) is 6.46. The highest BCUT2D eigenvalue weighted by molar-refractivity contribution is 6.23. The van der Waals surface area contributed by atoms with Crippen LogP contribution in [-0.2, 0) is 6.42 Å². The van der Waals surface area contributed by atoms with E-state index in [1.807, 2.05) is 26.0 Å². The van der Waals surface area contributed by atoms with E-state index in [-0.39, 0.29) is 49.0 Å². The van der Waals surface area contributed by atoms with Crippen LogP contribution in [0.5, 0.6) is 0 Å². The number of carbonyl (C=O) groups is 6. The third kappa shape index (κ3) is 5.37. The molecule has 0 aliphatic carbocycles. The number of nitrogens with one attached hydrogen (secondary N) is 3. The molecule has 208 valence electrons. The topological polar surface area (TPSA) is 142 Å². The van der Waals surface area contributed by atoms with E-state index in [0.29, 0.717) is 24.2 Å². The fourth-order valence-corrected chi connectivity index (χ4v) is 4.41. The Morgan fingerprint density at radius 2 is 1.32 bits per heavy atom. The zero-order valence-corrected chi connectivity index (χ0v) is 22.3. The molecule has 10 nitrogen and oxygen atoms in total. The molecule has 0 spiro atoms. The number of amides is 6. The van der Waals surface area contributed by atoms with Gasteiger partial charge in [0.25, 0.3) is 35.4 Å². The van der Waals surface area contributed by atoms with E-state index in [1.165, 1.54) is 36.4 Å². The lowest BCUT2D eigenvalue weighted by Gasteiger charge is -2.09. The summed E-state index contributed by atoms with van der Waals surface area (Å²) in [6, 6.07) is 15.9. The summed E-state index contributed by atoms with van der Waals surface area (Å²) in [5, 5.41) is 7.76. The Labute approximate surface area is 233 Å². The maximum absolute atomic E-state index is 12.7. The van der Waals surface area contributed by atoms with Gasteiger partial charge in [0.05, 0.1) is 22.3 Å². The minimum absolute atomic E-state index is 0. The first kappa shape index (κ1) is 27.9. The molecular weight excluding hydrogens is 512 g/mol. The number of nitrogens with zero attached hydrogens (tertiary/aromatic N) is 1. The van der Waals surface area contributed by atoms with E-state index in [9.17, 15) is 28.8 Å². The number of anilines is 1. The lowest BCUT2D eigenvalue weighted by Crippen LogP contribution is -2.29. The molecule has 0 fully saturated rings. The summed E-state index contributed by atoms with van der Waals surface area (Å²) in [7, 11) is 0. The summed E-state index contributed by atoms with van der Waals surface area (Å²) in [5.41, 5.74) is 2.97. The van der Waals surface area contributed by atoms with Crippen LogP contribution in [0.2, 0.25) is 0 Å². The number of imide groups is 2. The second-order valence-electron chi connectivity index (χ2n) is 8.82. The van der Waals surface area contributed by atoms with Crippen LogP contribution in [0.1, 0.15) is 91.3 Å². The fraction of sp³-hybridized carbons (Fsp3) is 0.200. The van der Waals surface area contributed by atoms with Crippen molar-refractivity contribution >= 4 is 41.1 Å². The van der Waals surface area contributed by atoms with E-state index in [0.717, 1.165) is 10.5 Å². The summed E-state index contributed by atoms with van der Waals surface area (Å²) in [6.45, 7) is 6.31. The molecule has 0 bridgehead atoms. The summed E-state index contributed by atoms with van der Waals surface area (Å²) >= 11 is 0. The van der Waals surface area contributed by atoms with Gasteiger partial charge in [0.2, 0.25) is 0 Å². The molecule has 2 aliphatic rings. The van der Waals surface area contributed by atoms with Crippen LogP contribution in [-0.4, -0.2) is 53.4 Å². The standard InChI is InChI=1S/C28H22N4O6.C2H6.2H2/c1-2-32-27(37)20-10-6-17(14-22(20)28(32)38)24(34)30-18-7-3-15(4-8-18)11-12-29-23(33)16-5-9-19-21(13-16)26(36)31-25(19)35;1-2;;/h3-10,13-14H,2,11-12H2,1H3,(H,29,33)(H,30,34)(H,31,35,36);1-2H3;2*1H. The number of benzene rings is 3. The fourth-order valence-electron chi connectivity index (χ4n) is 4.41. The molecule has 40 heavy (non-hydrogen) atoms. The lowest BCUT2D eigenvalue weighted by molar-refractivity contribution is 0.0661. The van der Waals surface area contributed by atoms with Gasteiger partial charge in [-0.1, -0.05) is 26.0 Å². The zero-order valence-electron chi connectivity index (χ0n) is 22.3. The molecule has 10 heteroatoms. The summed E-state index contributed by atoms with van der Waals surface area (Å²) in [6.07, 6.45) is 0.527. The van der Waals surface area contributed by atoms with Crippen molar-refractivity contribution in [3.05, 3.63) is 99.6 Å². The SMILES string of the molecule is CC.CCN1C(=O)c2ccc(C(=O)Nc3ccc(CCNC(=O)c4ccc5c(c4)C(=O)NC5=O)cc3)cc2C1=O.[HH].[HH]. The number of rotatable bonds is 7. The second-order valence-corrected chi connectivity index (χ2v) is 8.82. The van der Waals surface area contributed by atoms with Crippen LogP contribution in [0.15, 0.2) is 60.7 Å². The molecule has 3 aromatic rings. The number of hydrogen-bond acceptors (Lipinski definition) is 6. The van der Waals surface area contributed by atoms with Crippen molar-refractivity contribution in [3.63, 3.8) is 0 Å². The number of hydrogen-bond donors (Lipinski definition) is 3. The van der Waals surface area contributed by atoms with E-state index in [4.69, 9.17) is 0 Å². The van der Waals surface area contributed by atoms with Crippen molar-refractivity contribution in [3.8, 4) is 0 Å². The van der Waals surface area contributed by atoms with Gasteiger partial charge in [0.1, 0.15) is 0 Å². The van der Waals surface area contributed by atoms with Gasteiger partial charge in [-0.3, -0.25) is 39.0 Å². The van der Waals surface area contributed by atoms with Gasteiger partial charge in [-0.15, -0.1) is 0 Å². The first-order chi connectivity index (χ1) is 19.3. The molecular formula is C30H32N4O6. The molecule has 0 saturated heterocycles. The van der Waals surface area contributed by atoms with Crippen LogP contribution >= 0.6 is 0 Å². The maximum atomic E-state index is 12.7. The average molecular weight is 545 g/mol. The van der Waals surface area contributed by atoms with Gasteiger partial charge in [0, 0.05) is 32.8 Å². The van der Waals surface area contributed by atoms with Crippen molar-refractivity contribution in [1.82, 2.24) is 15.5 Å².